The van der Waals surface area contributed by atoms with Crippen LogP contribution in [0.3, 0.4) is 0 Å². The van der Waals surface area contributed by atoms with Crippen molar-refractivity contribution >= 4 is 11.6 Å². The lowest BCUT2D eigenvalue weighted by Gasteiger charge is -2.09. The minimum atomic E-state index is -0.434. The van der Waals surface area contributed by atoms with E-state index in [0.717, 1.165) is 0 Å². The smallest absolute Gasteiger partial charge is 0.259 e. The van der Waals surface area contributed by atoms with Gasteiger partial charge in [0.2, 0.25) is 0 Å². The van der Waals surface area contributed by atoms with Crippen molar-refractivity contribution in [2.24, 2.45) is 0 Å². The number of anilines is 1. The number of carbonyl (C=O) groups is 1. The van der Waals surface area contributed by atoms with Gasteiger partial charge in [0, 0.05) is 11.3 Å². The lowest BCUT2D eigenvalue weighted by atomic mass is 10.1. The van der Waals surface area contributed by atoms with E-state index in [4.69, 9.17) is 0 Å². The summed E-state index contributed by atoms with van der Waals surface area (Å²) in [6.45, 7) is 3.26. The molecule has 0 unspecified atom stereocenters. The molecule has 0 radical (unpaired) electrons. The van der Waals surface area contributed by atoms with Crippen molar-refractivity contribution in [3.63, 3.8) is 0 Å². The van der Waals surface area contributed by atoms with Crippen LogP contribution in [0.5, 0.6) is 0 Å². The fourth-order valence-electron chi connectivity index (χ4n) is 2.43. The fraction of sp³-hybridized carbons (Fsp3) is 0.111. The van der Waals surface area contributed by atoms with Crippen LogP contribution in [0.15, 0.2) is 48.7 Å². The van der Waals surface area contributed by atoms with E-state index in [1.54, 1.807) is 38.1 Å². The van der Waals surface area contributed by atoms with Gasteiger partial charge in [-0.15, -0.1) is 0 Å². The van der Waals surface area contributed by atoms with Crippen LogP contribution in [0.1, 0.15) is 21.6 Å². The van der Waals surface area contributed by atoms with Gasteiger partial charge in [-0.25, -0.2) is 13.5 Å². The Balaban J connectivity index is 1.92. The normalized spacial score (nSPS) is 10.7. The summed E-state index contributed by atoms with van der Waals surface area (Å²) in [4.78, 5) is 12.4. The maximum absolute atomic E-state index is 13.9. The van der Waals surface area contributed by atoms with Crippen LogP contribution in [0.2, 0.25) is 0 Å². The molecule has 6 heteroatoms. The molecule has 0 aliphatic heterocycles. The van der Waals surface area contributed by atoms with Crippen molar-refractivity contribution in [3.8, 4) is 5.69 Å². The Morgan fingerprint density at radius 3 is 2.50 bits per heavy atom. The predicted molar refractivity (Wildman–Crippen MR) is 87.3 cm³/mol. The number of nitrogens with one attached hydrogen (secondary N) is 1. The second-order valence-corrected chi connectivity index (χ2v) is 5.37. The molecule has 2 aromatic carbocycles. The first-order valence-corrected chi connectivity index (χ1v) is 7.35. The average Bonchev–Trinajstić information content (AvgIpc) is 2.94. The molecule has 0 aliphatic rings. The molecule has 0 aliphatic carbocycles. The van der Waals surface area contributed by atoms with Gasteiger partial charge in [-0.05, 0) is 38.1 Å². The van der Waals surface area contributed by atoms with Crippen LogP contribution >= 0.6 is 0 Å². The Hall–Kier alpha value is -3.02. The third-order valence-corrected chi connectivity index (χ3v) is 3.85. The zero-order valence-electron chi connectivity index (χ0n) is 13.2. The number of benzene rings is 2. The number of rotatable bonds is 3. The first-order valence-electron chi connectivity index (χ1n) is 7.35. The number of carbonyl (C=O) groups excluding carboxylic acids is 1. The summed E-state index contributed by atoms with van der Waals surface area (Å²) in [5.74, 6) is -1.26. The molecule has 24 heavy (non-hydrogen) atoms. The van der Waals surface area contributed by atoms with Crippen molar-refractivity contribution in [1.82, 2.24) is 9.78 Å². The van der Waals surface area contributed by atoms with Gasteiger partial charge in [0.1, 0.15) is 17.3 Å². The number of hydrogen-bond donors (Lipinski definition) is 1. The van der Waals surface area contributed by atoms with Crippen LogP contribution in [0.4, 0.5) is 14.5 Å². The molecular weight excluding hydrogens is 312 g/mol. The largest absolute Gasteiger partial charge is 0.322 e. The molecule has 0 saturated heterocycles. The molecule has 122 valence electrons. The van der Waals surface area contributed by atoms with E-state index in [9.17, 15) is 13.6 Å². The molecule has 0 spiro atoms. The van der Waals surface area contributed by atoms with Gasteiger partial charge >= 0.3 is 0 Å². The quantitative estimate of drug-likeness (QED) is 0.790. The summed E-state index contributed by atoms with van der Waals surface area (Å²) < 4.78 is 28.8. The molecule has 0 bridgehead atoms. The number of hydrogen-bond acceptors (Lipinski definition) is 2. The van der Waals surface area contributed by atoms with Crippen LogP contribution < -0.4 is 5.32 Å². The summed E-state index contributed by atoms with van der Waals surface area (Å²) in [6, 6.07) is 10.6. The molecule has 3 rings (SSSR count). The van der Waals surface area contributed by atoms with Gasteiger partial charge in [-0.2, -0.15) is 5.10 Å². The van der Waals surface area contributed by atoms with Crippen molar-refractivity contribution in [2.75, 3.05) is 5.32 Å². The number of halogens is 2. The van der Waals surface area contributed by atoms with Crippen molar-refractivity contribution in [2.45, 2.75) is 13.8 Å². The zero-order valence-corrected chi connectivity index (χ0v) is 13.2. The van der Waals surface area contributed by atoms with Gasteiger partial charge in [-0.3, -0.25) is 4.79 Å². The van der Waals surface area contributed by atoms with E-state index in [0.29, 0.717) is 22.5 Å². The van der Waals surface area contributed by atoms with Gasteiger partial charge in [0.05, 0.1) is 17.5 Å². The zero-order chi connectivity index (χ0) is 17.3. The SMILES string of the molecule is Cc1c(F)cccc1NC(=O)c1cnn(-c2ccccc2F)c1C. The van der Waals surface area contributed by atoms with Crippen LogP contribution in [0.25, 0.3) is 5.69 Å². The molecular formula is C18H15F2N3O. The van der Waals surface area contributed by atoms with Gasteiger partial charge in [-0.1, -0.05) is 18.2 Å². The minimum absolute atomic E-state index is 0.260. The molecule has 3 aromatic rings. The third-order valence-electron chi connectivity index (χ3n) is 3.85. The van der Waals surface area contributed by atoms with Gasteiger partial charge < -0.3 is 5.32 Å². The highest BCUT2D eigenvalue weighted by Crippen LogP contribution is 2.21. The Kier molecular flexibility index (Phi) is 4.12. The summed E-state index contributed by atoms with van der Waals surface area (Å²) in [5.41, 5.74) is 1.78. The maximum atomic E-state index is 13.9. The first-order chi connectivity index (χ1) is 11.5. The lowest BCUT2D eigenvalue weighted by molar-refractivity contribution is 0.102. The second kappa shape index (κ2) is 6.23. The molecule has 1 amide bonds. The Bertz CT molecular complexity index is 918. The van der Waals surface area contributed by atoms with E-state index in [1.807, 2.05) is 0 Å². The first kappa shape index (κ1) is 15.9. The Labute approximate surface area is 137 Å². The molecule has 1 aromatic heterocycles. The predicted octanol–water partition coefficient (Wildman–Crippen LogP) is 4.02. The number of para-hydroxylation sites is 1. The van der Waals surface area contributed by atoms with E-state index in [1.165, 1.54) is 29.1 Å². The summed E-state index contributed by atoms with van der Waals surface area (Å²) in [7, 11) is 0. The van der Waals surface area contributed by atoms with Gasteiger partial charge in [0.25, 0.3) is 5.91 Å². The summed E-state index contributed by atoms with van der Waals surface area (Å²) >= 11 is 0. The van der Waals surface area contributed by atoms with Crippen LogP contribution in [-0.2, 0) is 0 Å². The standard InChI is InChI=1S/C18H15F2N3O/c1-11-14(19)7-5-8-16(11)22-18(24)13-10-21-23(12(13)2)17-9-4-3-6-15(17)20/h3-10H,1-2H3,(H,22,24). The Morgan fingerprint density at radius 1 is 1.04 bits per heavy atom. The monoisotopic (exact) mass is 327 g/mol. The highest BCUT2D eigenvalue weighted by molar-refractivity contribution is 6.05. The van der Waals surface area contributed by atoms with Crippen molar-refractivity contribution < 1.29 is 13.6 Å². The summed E-state index contributed by atoms with van der Waals surface area (Å²) in [6.07, 6.45) is 1.37. The summed E-state index contributed by atoms with van der Waals surface area (Å²) in [5, 5.41) is 6.75. The Morgan fingerprint density at radius 2 is 1.75 bits per heavy atom. The lowest BCUT2D eigenvalue weighted by Crippen LogP contribution is -2.14. The fourth-order valence-corrected chi connectivity index (χ4v) is 2.43. The molecule has 1 heterocycles. The van der Waals surface area contributed by atoms with Crippen molar-refractivity contribution in [3.05, 3.63) is 77.1 Å². The highest BCUT2D eigenvalue weighted by Gasteiger charge is 2.17. The van der Waals surface area contributed by atoms with E-state index in [-0.39, 0.29) is 5.69 Å². The number of aromatic nitrogens is 2. The molecule has 4 nitrogen and oxygen atoms in total. The molecule has 1 N–H and O–H groups in total. The number of amides is 1. The average molecular weight is 327 g/mol. The molecule has 0 saturated carbocycles. The van der Waals surface area contributed by atoms with E-state index in [2.05, 4.69) is 10.4 Å². The van der Waals surface area contributed by atoms with Crippen LogP contribution in [0, 0.1) is 25.5 Å². The maximum Gasteiger partial charge on any atom is 0.259 e. The third kappa shape index (κ3) is 2.78. The number of nitrogens with zero attached hydrogens (tertiary/aromatic N) is 2. The van der Waals surface area contributed by atoms with Gasteiger partial charge in [0.15, 0.2) is 0 Å². The topological polar surface area (TPSA) is 46.9 Å². The van der Waals surface area contributed by atoms with E-state index >= 15 is 0 Å². The molecule has 0 atom stereocenters. The van der Waals surface area contributed by atoms with E-state index < -0.39 is 17.5 Å². The van der Waals surface area contributed by atoms with Crippen LogP contribution in [-0.4, -0.2) is 15.7 Å². The van der Waals surface area contributed by atoms with Crippen molar-refractivity contribution in [1.29, 1.82) is 0 Å². The highest BCUT2D eigenvalue weighted by atomic mass is 19.1. The second-order valence-electron chi connectivity index (χ2n) is 5.37. The molecule has 0 fully saturated rings. The minimum Gasteiger partial charge on any atom is -0.322 e.